The molecule has 0 bridgehead atoms. The van der Waals surface area contributed by atoms with Crippen molar-refractivity contribution in [2.75, 3.05) is 24.1 Å². The van der Waals surface area contributed by atoms with Gasteiger partial charge >= 0.3 is 6.03 Å². The Morgan fingerprint density at radius 2 is 1.73 bits per heavy atom. The SMILES string of the molecule is Cl.Nc1ccccc1NC(=O)CCNC(=O)N1CCc2ccccc2C1. The van der Waals surface area contributed by atoms with Gasteiger partial charge in [-0.15, -0.1) is 12.4 Å². The number of benzene rings is 2. The fourth-order valence-corrected chi connectivity index (χ4v) is 2.89. The number of carbonyl (C=O) groups is 2. The van der Waals surface area contributed by atoms with Gasteiger partial charge in [0.25, 0.3) is 0 Å². The maximum absolute atomic E-state index is 12.3. The second-order valence-electron chi connectivity index (χ2n) is 6.06. The Hall–Kier alpha value is -2.73. The third-order valence-electron chi connectivity index (χ3n) is 4.28. The van der Waals surface area contributed by atoms with E-state index in [1.54, 1.807) is 17.0 Å². The van der Waals surface area contributed by atoms with Crippen LogP contribution in [-0.4, -0.2) is 29.9 Å². The summed E-state index contributed by atoms with van der Waals surface area (Å²) in [7, 11) is 0. The van der Waals surface area contributed by atoms with Crippen LogP contribution in [0.4, 0.5) is 16.2 Å². The number of nitrogens with one attached hydrogen (secondary N) is 2. The van der Waals surface area contributed by atoms with Gasteiger partial charge in [0.05, 0.1) is 11.4 Å². The fraction of sp³-hybridized carbons (Fsp3) is 0.263. The normalized spacial score (nSPS) is 12.5. The second-order valence-corrected chi connectivity index (χ2v) is 6.06. The lowest BCUT2D eigenvalue weighted by atomic mass is 10.0. The minimum Gasteiger partial charge on any atom is -0.397 e. The van der Waals surface area contributed by atoms with E-state index in [2.05, 4.69) is 16.7 Å². The molecule has 3 rings (SSSR count). The standard InChI is InChI=1S/C19H22N4O2.ClH/c20-16-7-3-4-8-17(16)22-18(24)9-11-21-19(25)23-12-10-14-5-1-2-6-15(14)13-23;/h1-8H,9-13,20H2,(H,21,25)(H,22,24);1H. The number of hydrogen-bond acceptors (Lipinski definition) is 3. The third kappa shape index (κ3) is 4.89. The highest BCUT2D eigenvalue weighted by molar-refractivity contribution is 5.94. The van der Waals surface area contributed by atoms with Crippen LogP contribution in [0.25, 0.3) is 0 Å². The van der Waals surface area contributed by atoms with Gasteiger partial charge in [0.15, 0.2) is 0 Å². The first-order valence-electron chi connectivity index (χ1n) is 8.37. The zero-order chi connectivity index (χ0) is 17.6. The number of nitrogens with two attached hydrogens (primary N) is 1. The van der Waals surface area contributed by atoms with E-state index in [9.17, 15) is 9.59 Å². The van der Waals surface area contributed by atoms with Crippen molar-refractivity contribution in [3.8, 4) is 0 Å². The number of halogens is 1. The monoisotopic (exact) mass is 374 g/mol. The highest BCUT2D eigenvalue weighted by Crippen LogP contribution is 2.18. The van der Waals surface area contributed by atoms with E-state index in [0.717, 1.165) is 6.42 Å². The molecule has 0 saturated carbocycles. The number of urea groups is 1. The van der Waals surface area contributed by atoms with E-state index >= 15 is 0 Å². The minimum absolute atomic E-state index is 0. The van der Waals surface area contributed by atoms with E-state index in [0.29, 0.717) is 24.5 Å². The lowest BCUT2D eigenvalue weighted by Gasteiger charge is -2.28. The average molecular weight is 375 g/mol. The molecule has 26 heavy (non-hydrogen) atoms. The topological polar surface area (TPSA) is 87.5 Å². The molecule has 0 radical (unpaired) electrons. The van der Waals surface area contributed by atoms with Crippen LogP contribution in [0, 0.1) is 0 Å². The van der Waals surface area contributed by atoms with Crippen molar-refractivity contribution < 1.29 is 9.59 Å². The zero-order valence-corrected chi connectivity index (χ0v) is 15.2. The lowest BCUT2D eigenvalue weighted by molar-refractivity contribution is -0.116. The van der Waals surface area contributed by atoms with Crippen LogP contribution >= 0.6 is 12.4 Å². The third-order valence-corrected chi connectivity index (χ3v) is 4.28. The van der Waals surface area contributed by atoms with Crippen LogP contribution in [0.1, 0.15) is 17.5 Å². The zero-order valence-electron chi connectivity index (χ0n) is 14.4. The lowest BCUT2D eigenvalue weighted by Crippen LogP contribution is -2.43. The molecule has 1 aliphatic heterocycles. The van der Waals surface area contributed by atoms with Gasteiger partial charge in [-0.05, 0) is 29.7 Å². The summed E-state index contributed by atoms with van der Waals surface area (Å²) in [4.78, 5) is 26.0. The van der Waals surface area contributed by atoms with E-state index in [1.807, 2.05) is 30.3 Å². The summed E-state index contributed by atoms with van der Waals surface area (Å²) in [6, 6.07) is 15.1. The Morgan fingerprint density at radius 1 is 1.04 bits per heavy atom. The summed E-state index contributed by atoms with van der Waals surface area (Å²) in [6.45, 7) is 1.58. The Morgan fingerprint density at radius 3 is 2.50 bits per heavy atom. The molecule has 0 aromatic heterocycles. The smallest absolute Gasteiger partial charge is 0.317 e. The van der Waals surface area contributed by atoms with Gasteiger partial charge in [-0.1, -0.05) is 36.4 Å². The van der Waals surface area contributed by atoms with Gasteiger partial charge < -0.3 is 21.3 Å². The van der Waals surface area contributed by atoms with Crippen LogP contribution in [0.15, 0.2) is 48.5 Å². The highest BCUT2D eigenvalue weighted by atomic mass is 35.5. The van der Waals surface area contributed by atoms with Crippen LogP contribution in [0.5, 0.6) is 0 Å². The summed E-state index contributed by atoms with van der Waals surface area (Å²) in [5.41, 5.74) is 9.38. The number of rotatable bonds is 4. The molecule has 0 fully saturated rings. The molecule has 2 aromatic carbocycles. The number of nitrogen functional groups attached to an aromatic ring is 1. The molecule has 0 spiro atoms. The predicted octanol–water partition coefficient (Wildman–Crippen LogP) is 2.79. The summed E-state index contributed by atoms with van der Waals surface area (Å²) < 4.78 is 0. The Labute approximate surface area is 159 Å². The van der Waals surface area contributed by atoms with E-state index in [4.69, 9.17) is 5.73 Å². The van der Waals surface area contributed by atoms with E-state index in [1.165, 1.54) is 11.1 Å². The van der Waals surface area contributed by atoms with Crippen molar-refractivity contribution in [3.05, 3.63) is 59.7 Å². The molecule has 6 nitrogen and oxygen atoms in total. The highest BCUT2D eigenvalue weighted by Gasteiger charge is 2.20. The van der Waals surface area contributed by atoms with Crippen LogP contribution in [0.2, 0.25) is 0 Å². The Kier molecular flexibility index (Phi) is 6.86. The molecule has 0 saturated heterocycles. The Balaban J connectivity index is 0.00000243. The molecule has 0 aliphatic carbocycles. The first kappa shape index (κ1) is 19.6. The molecule has 1 aliphatic rings. The molecule has 0 atom stereocenters. The maximum atomic E-state index is 12.3. The van der Waals surface area contributed by atoms with Gasteiger partial charge in [-0.3, -0.25) is 4.79 Å². The Bertz CT molecular complexity index is 782. The van der Waals surface area contributed by atoms with Crippen molar-refractivity contribution >= 4 is 35.7 Å². The molecule has 0 unspecified atom stereocenters. The summed E-state index contributed by atoms with van der Waals surface area (Å²) in [5, 5.41) is 5.56. The first-order valence-corrected chi connectivity index (χ1v) is 8.37. The average Bonchev–Trinajstić information content (AvgIpc) is 2.63. The molecule has 2 aromatic rings. The van der Waals surface area contributed by atoms with Crippen molar-refractivity contribution in [2.45, 2.75) is 19.4 Å². The molecular formula is C19H23ClN4O2. The second kappa shape index (κ2) is 9.10. The van der Waals surface area contributed by atoms with Crippen molar-refractivity contribution in [1.29, 1.82) is 0 Å². The molecular weight excluding hydrogens is 352 g/mol. The van der Waals surface area contributed by atoms with Crippen LogP contribution < -0.4 is 16.4 Å². The number of amides is 3. The first-order chi connectivity index (χ1) is 12.1. The van der Waals surface area contributed by atoms with Crippen molar-refractivity contribution in [3.63, 3.8) is 0 Å². The summed E-state index contributed by atoms with van der Waals surface area (Å²) in [5.74, 6) is -0.179. The largest absolute Gasteiger partial charge is 0.397 e. The van der Waals surface area contributed by atoms with Gasteiger partial charge in [0.2, 0.25) is 5.91 Å². The van der Waals surface area contributed by atoms with Gasteiger partial charge in [0.1, 0.15) is 0 Å². The number of hydrogen-bond donors (Lipinski definition) is 3. The van der Waals surface area contributed by atoms with Crippen molar-refractivity contribution in [1.82, 2.24) is 10.2 Å². The maximum Gasteiger partial charge on any atom is 0.317 e. The summed E-state index contributed by atoms with van der Waals surface area (Å²) in [6.07, 6.45) is 1.06. The quantitative estimate of drug-likeness (QED) is 0.719. The molecule has 4 N–H and O–H groups in total. The predicted molar refractivity (Wildman–Crippen MR) is 105 cm³/mol. The van der Waals surface area contributed by atoms with E-state index < -0.39 is 0 Å². The molecule has 3 amide bonds. The van der Waals surface area contributed by atoms with E-state index in [-0.39, 0.29) is 37.3 Å². The van der Waals surface area contributed by atoms with Crippen LogP contribution in [0.3, 0.4) is 0 Å². The van der Waals surface area contributed by atoms with Gasteiger partial charge in [-0.2, -0.15) is 0 Å². The number of para-hydroxylation sites is 2. The summed E-state index contributed by atoms with van der Waals surface area (Å²) >= 11 is 0. The molecule has 1 heterocycles. The number of fused-ring (bicyclic) bond motifs is 1. The fourth-order valence-electron chi connectivity index (χ4n) is 2.89. The minimum atomic E-state index is -0.179. The number of nitrogens with zero attached hydrogens (tertiary/aromatic N) is 1. The molecule has 7 heteroatoms. The number of anilines is 2. The molecule has 138 valence electrons. The number of carbonyl (C=O) groups excluding carboxylic acids is 2. The van der Waals surface area contributed by atoms with Crippen LogP contribution in [-0.2, 0) is 17.8 Å². The van der Waals surface area contributed by atoms with Gasteiger partial charge in [0, 0.05) is 26.1 Å². The van der Waals surface area contributed by atoms with Crippen molar-refractivity contribution in [2.24, 2.45) is 0 Å². The van der Waals surface area contributed by atoms with Gasteiger partial charge in [-0.25, -0.2) is 4.79 Å².